The van der Waals surface area contributed by atoms with Crippen molar-refractivity contribution in [2.75, 3.05) is 0 Å². The van der Waals surface area contributed by atoms with E-state index in [0.717, 1.165) is 38.0 Å². The van der Waals surface area contributed by atoms with Crippen molar-refractivity contribution in [1.82, 2.24) is 0 Å². The lowest BCUT2D eigenvalue weighted by molar-refractivity contribution is 0.107. The first-order chi connectivity index (χ1) is 13.8. The summed E-state index contributed by atoms with van der Waals surface area (Å²) in [5.74, 6) is -0.0823. The molecule has 2 heteroatoms. The Balaban J connectivity index is 1.62. The Labute approximate surface area is 162 Å². The van der Waals surface area contributed by atoms with Crippen LogP contribution in [0.15, 0.2) is 102 Å². The predicted molar refractivity (Wildman–Crippen MR) is 118 cm³/mol. The zero-order chi connectivity index (χ0) is 18.9. The molecule has 0 amide bonds. The minimum absolute atomic E-state index is 0.0823. The summed E-state index contributed by atoms with van der Waals surface area (Å²) < 4.78 is 0. The molecule has 0 N–H and O–H groups in total. The van der Waals surface area contributed by atoms with Crippen molar-refractivity contribution in [3.63, 3.8) is 0 Å². The average Bonchev–Trinajstić information content (AvgIpc) is 2.75. The van der Waals surface area contributed by atoms with Gasteiger partial charge < -0.3 is 0 Å². The third-order valence-corrected chi connectivity index (χ3v) is 5.08. The third kappa shape index (κ3) is 2.85. The van der Waals surface area contributed by atoms with Crippen LogP contribution >= 0.6 is 0 Å². The van der Waals surface area contributed by atoms with Crippen LogP contribution in [-0.2, 0) is 0 Å². The Kier molecular flexibility index (Phi) is 3.95. The Bertz CT molecular complexity index is 1330. The molecule has 5 rings (SSSR count). The second-order valence-corrected chi connectivity index (χ2v) is 6.85. The third-order valence-electron chi connectivity index (χ3n) is 5.08. The van der Waals surface area contributed by atoms with E-state index in [1.807, 2.05) is 84.9 Å². The van der Waals surface area contributed by atoms with Gasteiger partial charge in [0.2, 0.25) is 5.78 Å². The van der Waals surface area contributed by atoms with Crippen LogP contribution in [0.1, 0.15) is 10.4 Å². The van der Waals surface area contributed by atoms with Gasteiger partial charge in [0.15, 0.2) is 0 Å². The van der Waals surface area contributed by atoms with Crippen LogP contribution in [0.5, 0.6) is 0 Å². The van der Waals surface area contributed by atoms with Crippen molar-refractivity contribution < 1.29 is 4.79 Å². The topological polar surface area (TPSA) is 29.4 Å². The molecule has 0 aliphatic carbocycles. The monoisotopic (exact) mass is 359 g/mol. The molecule has 5 aromatic carbocycles. The van der Waals surface area contributed by atoms with Gasteiger partial charge in [0, 0.05) is 5.56 Å². The lowest BCUT2D eigenvalue weighted by Gasteiger charge is -2.09. The lowest BCUT2D eigenvalue weighted by atomic mass is 9.94. The maximum atomic E-state index is 13.2. The van der Waals surface area contributed by atoms with Gasteiger partial charge >= 0.3 is 0 Å². The SMILES string of the molecule is O=C(C=Nc1ccc2ccccc2c1)c1c2ccccc2cc2ccccc12. The molecular formula is C26H17NO. The number of nitrogens with zero attached hydrogens (tertiary/aromatic N) is 1. The number of aliphatic imine (C=N–C) groups is 1. The number of hydrogen-bond acceptors (Lipinski definition) is 2. The number of rotatable bonds is 3. The molecule has 5 aromatic rings. The highest BCUT2D eigenvalue weighted by Gasteiger charge is 2.13. The molecule has 0 atom stereocenters. The van der Waals surface area contributed by atoms with Crippen molar-refractivity contribution in [2.24, 2.45) is 4.99 Å². The van der Waals surface area contributed by atoms with Gasteiger partial charge in [-0.1, -0.05) is 78.9 Å². The smallest absolute Gasteiger partial charge is 0.205 e. The molecular weight excluding hydrogens is 342 g/mol. The first-order valence-electron chi connectivity index (χ1n) is 9.27. The van der Waals surface area contributed by atoms with Crippen LogP contribution < -0.4 is 0 Å². The summed E-state index contributed by atoms with van der Waals surface area (Å²) in [6.07, 6.45) is 1.44. The normalized spacial score (nSPS) is 11.6. The highest BCUT2D eigenvalue weighted by molar-refractivity contribution is 6.41. The average molecular weight is 359 g/mol. The van der Waals surface area contributed by atoms with Gasteiger partial charge in [0.05, 0.1) is 11.9 Å². The van der Waals surface area contributed by atoms with E-state index < -0.39 is 0 Å². The molecule has 2 nitrogen and oxygen atoms in total. The highest BCUT2D eigenvalue weighted by atomic mass is 16.1. The number of Topliss-reactive ketones (excluding diaryl/α,β-unsaturated/α-hetero) is 1. The molecule has 0 unspecified atom stereocenters. The molecule has 28 heavy (non-hydrogen) atoms. The number of fused-ring (bicyclic) bond motifs is 3. The van der Waals surface area contributed by atoms with Crippen molar-refractivity contribution in [3.05, 3.63) is 103 Å². The van der Waals surface area contributed by atoms with Gasteiger partial charge in [0.1, 0.15) is 0 Å². The number of benzene rings is 5. The number of carbonyl (C=O) groups excluding carboxylic acids is 1. The van der Waals surface area contributed by atoms with Gasteiger partial charge in [-0.2, -0.15) is 0 Å². The predicted octanol–water partition coefficient (Wildman–Crippen LogP) is 6.73. The Morgan fingerprint density at radius 3 is 1.86 bits per heavy atom. The van der Waals surface area contributed by atoms with Crippen LogP contribution in [0.2, 0.25) is 0 Å². The fraction of sp³-hybridized carbons (Fsp3) is 0. The minimum atomic E-state index is -0.0823. The van der Waals surface area contributed by atoms with E-state index in [1.54, 1.807) is 0 Å². The molecule has 0 heterocycles. The van der Waals surface area contributed by atoms with Gasteiger partial charge in [-0.15, -0.1) is 0 Å². The largest absolute Gasteiger partial charge is 0.288 e. The first kappa shape index (κ1) is 16.4. The maximum Gasteiger partial charge on any atom is 0.205 e. The number of ketones is 1. The highest BCUT2D eigenvalue weighted by Crippen LogP contribution is 2.29. The molecule has 132 valence electrons. The Hall–Kier alpha value is -3.78. The van der Waals surface area contributed by atoms with Gasteiger partial charge in [-0.3, -0.25) is 9.79 Å². The van der Waals surface area contributed by atoms with Crippen molar-refractivity contribution >= 4 is 50.0 Å². The second kappa shape index (κ2) is 6.75. The van der Waals surface area contributed by atoms with Crippen LogP contribution in [0.25, 0.3) is 32.3 Å². The van der Waals surface area contributed by atoms with E-state index in [-0.39, 0.29) is 5.78 Å². The zero-order valence-electron chi connectivity index (χ0n) is 15.2. The fourth-order valence-corrected chi connectivity index (χ4v) is 3.73. The second-order valence-electron chi connectivity index (χ2n) is 6.85. The first-order valence-corrected chi connectivity index (χ1v) is 9.27. The molecule has 0 bridgehead atoms. The van der Waals surface area contributed by atoms with Crippen molar-refractivity contribution in [3.8, 4) is 0 Å². The van der Waals surface area contributed by atoms with Crippen LogP contribution in [0, 0.1) is 0 Å². The van der Waals surface area contributed by atoms with Crippen LogP contribution in [-0.4, -0.2) is 12.0 Å². The van der Waals surface area contributed by atoms with Gasteiger partial charge in [0.25, 0.3) is 0 Å². The van der Waals surface area contributed by atoms with Crippen LogP contribution in [0.3, 0.4) is 0 Å². The van der Waals surface area contributed by atoms with Gasteiger partial charge in [-0.25, -0.2) is 0 Å². The van der Waals surface area contributed by atoms with Gasteiger partial charge in [-0.05, 0) is 50.5 Å². The molecule has 0 aromatic heterocycles. The summed E-state index contributed by atoms with van der Waals surface area (Å²) in [6.45, 7) is 0. The zero-order valence-corrected chi connectivity index (χ0v) is 15.2. The summed E-state index contributed by atoms with van der Waals surface area (Å²) in [5.41, 5.74) is 1.48. The van der Waals surface area contributed by atoms with E-state index in [1.165, 1.54) is 6.21 Å². The minimum Gasteiger partial charge on any atom is -0.288 e. The summed E-state index contributed by atoms with van der Waals surface area (Å²) in [4.78, 5) is 17.6. The van der Waals surface area contributed by atoms with E-state index in [9.17, 15) is 4.79 Å². The van der Waals surface area contributed by atoms with E-state index >= 15 is 0 Å². The molecule has 0 saturated heterocycles. The molecule has 0 saturated carbocycles. The molecule has 0 aliphatic heterocycles. The number of hydrogen-bond donors (Lipinski definition) is 0. The number of carbonyl (C=O) groups is 1. The maximum absolute atomic E-state index is 13.2. The quantitative estimate of drug-likeness (QED) is 0.199. The fourth-order valence-electron chi connectivity index (χ4n) is 3.73. The molecule has 0 radical (unpaired) electrons. The van der Waals surface area contributed by atoms with E-state index in [4.69, 9.17) is 0 Å². The summed E-state index contributed by atoms with van der Waals surface area (Å²) in [5, 5.41) is 6.30. The summed E-state index contributed by atoms with van der Waals surface area (Å²) in [7, 11) is 0. The standard InChI is InChI=1S/C26H17NO/c28-25(17-27-22-14-13-18-7-1-2-8-19(18)16-22)26-23-11-5-3-9-20(23)15-21-10-4-6-12-24(21)26/h1-17H. The summed E-state index contributed by atoms with van der Waals surface area (Å²) >= 11 is 0. The molecule has 0 spiro atoms. The Morgan fingerprint density at radius 2 is 1.18 bits per heavy atom. The van der Waals surface area contributed by atoms with Crippen molar-refractivity contribution in [1.29, 1.82) is 0 Å². The van der Waals surface area contributed by atoms with Crippen molar-refractivity contribution in [2.45, 2.75) is 0 Å². The Morgan fingerprint density at radius 1 is 0.607 bits per heavy atom. The van der Waals surface area contributed by atoms with E-state index in [0.29, 0.717) is 5.56 Å². The van der Waals surface area contributed by atoms with Crippen LogP contribution in [0.4, 0.5) is 5.69 Å². The summed E-state index contributed by atoms with van der Waals surface area (Å²) in [6, 6.07) is 32.2. The molecule has 0 aliphatic rings. The molecule has 0 fully saturated rings. The lowest BCUT2D eigenvalue weighted by Crippen LogP contribution is -2.02. The van der Waals surface area contributed by atoms with E-state index in [2.05, 4.69) is 17.1 Å².